The van der Waals surface area contributed by atoms with Crippen LogP contribution in [0.3, 0.4) is 0 Å². The van der Waals surface area contributed by atoms with E-state index >= 15 is 0 Å². The fraction of sp³-hybridized carbons (Fsp3) is 0.471. The molecule has 0 unspecified atom stereocenters. The van der Waals surface area contributed by atoms with Gasteiger partial charge in [0.25, 0.3) is 0 Å². The molecule has 1 aliphatic heterocycles. The summed E-state index contributed by atoms with van der Waals surface area (Å²) in [6.07, 6.45) is 1.37. The molecule has 3 aromatic rings. The standard InChI is InChI=1S/C34H42ClFN2O4/c1-21-28(24-9-11-25(12-10-24)41-19-14-23-8-13-26(35)27(36)20-23)30(38-17-15-34(6,7)16-18-38)29(22(2)37-21)31(32(39)40)42-33(3,4)5/h8-13,20,31H,14-19H2,1-7H3,(H,39,40)/t31-/m0/s1. The number of piperidine rings is 1. The Morgan fingerprint density at radius 2 is 1.74 bits per heavy atom. The molecular weight excluding hydrogens is 555 g/mol. The van der Waals surface area contributed by atoms with E-state index in [-0.39, 0.29) is 10.4 Å². The number of anilines is 1. The minimum Gasteiger partial charge on any atom is -0.493 e. The lowest BCUT2D eigenvalue weighted by Gasteiger charge is -2.41. The highest BCUT2D eigenvalue weighted by atomic mass is 35.5. The highest BCUT2D eigenvalue weighted by Gasteiger charge is 2.36. The van der Waals surface area contributed by atoms with Crippen LogP contribution in [0.2, 0.25) is 5.02 Å². The summed E-state index contributed by atoms with van der Waals surface area (Å²) in [7, 11) is 0. The number of ether oxygens (including phenoxy) is 2. The molecule has 6 nitrogen and oxygen atoms in total. The second-order valence-corrected chi connectivity index (χ2v) is 13.3. The number of hydrogen-bond acceptors (Lipinski definition) is 5. The van der Waals surface area contributed by atoms with Crippen molar-refractivity contribution in [2.45, 2.75) is 79.4 Å². The predicted octanol–water partition coefficient (Wildman–Crippen LogP) is 8.35. The highest BCUT2D eigenvalue weighted by molar-refractivity contribution is 6.30. The Balaban J connectivity index is 1.70. The smallest absolute Gasteiger partial charge is 0.337 e. The first-order valence-electron chi connectivity index (χ1n) is 14.5. The lowest BCUT2D eigenvalue weighted by molar-refractivity contribution is -0.160. The third-order valence-corrected chi connectivity index (χ3v) is 8.06. The van der Waals surface area contributed by atoms with Gasteiger partial charge in [-0.15, -0.1) is 0 Å². The molecule has 2 heterocycles. The SMILES string of the molecule is Cc1nc(C)c([C@H](OC(C)(C)C)C(=O)O)c(N2CCC(C)(C)CC2)c1-c1ccc(OCCc2ccc(Cl)c(F)c2)cc1. The van der Waals surface area contributed by atoms with Crippen LogP contribution in [-0.4, -0.2) is 41.4 Å². The van der Waals surface area contributed by atoms with Gasteiger partial charge < -0.3 is 19.5 Å². The van der Waals surface area contributed by atoms with E-state index in [2.05, 4.69) is 18.7 Å². The van der Waals surface area contributed by atoms with Crippen molar-refractivity contribution in [1.82, 2.24) is 4.98 Å². The van der Waals surface area contributed by atoms with E-state index in [4.69, 9.17) is 26.1 Å². The monoisotopic (exact) mass is 596 g/mol. The van der Waals surface area contributed by atoms with E-state index in [9.17, 15) is 14.3 Å². The zero-order valence-corrected chi connectivity index (χ0v) is 26.4. The van der Waals surface area contributed by atoms with Crippen molar-refractivity contribution in [3.8, 4) is 16.9 Å². The molecule has 0 spiro atoms. The number of carbonyl (C=O) groups is 1. The average molecular weight is 597 g/mol. The minimum atomic E-state index is -1.16. The number of pyridine rings is 1. The fourth-order valence-corrected chi connectivity index (χ4v) is 5.57. The molecule has 42 heavy (non-hydrogen) atoms. The number of halogens is 2. The van der Waals surface area contributed by atoms with E-state index in [0.717, 1.165) is 54.0 Å². The zero-order chi connectivity index (χ0) is 30.8. The van der Waals surface area contributed by atoms with Gasteiger partial charge in [0.2, 0.25) is 0 Å². The van der Waals surface area contributed by atoms with Gasteiger partial charge in [0.1, 0.15) is 11.6 Å². The van der Waals surface area contributed by atoms with Crippen LogP contribution in [0, 0.1) is 25.1 Å². The number of benzene rings is 2. The maximum Gasteiger partial charge on any atom is 0.337 e. The van der Waals surface area contributed by atoms with Crippen LogP contribution in [0.1, 0.15) is 76.1 Å². The Morgan fingerprint density at radius 3 is 2.31 bits per heavy atom. The Morgan fingerprint density at radius 1 is 1.10 bits per heavy atom. The number of nitrogens with zero attached hydrogens (tertiary/aromatic N) is 2. The van der Waals surface area contributed by atoms with E-state index in [1.54, 1.807) is 12.1 Å². The third-order valence-electron chi connectivity index (χ3n) is 7.76. The average Bonchev–Trinajstić information content (AvgIpc) is 2.89. The van der Waals surface area contributed by atoms with Crippen LogP contribution in [0.4, 0.5) is 10.1 Å². The molecule has 0 saturated carbocycles. The lowest BCUT2D eigenvalue weighted by Crippen LogP contribution is -2.39. The van der Waals surface area contributed by atoms with Gasteiger partial charge in [-0.2, -0.15) is 0 Å². The first kappa shape index (κ1) is 31.8. The molecular formula is C34H42ClFN2O4. The van der Waals surface area contributed by atoms with Crippen LogP contribution in [0.25, 0.3) is 11.1 Å². The summed E-state index contributed by atoms with van der Waals surface area (Å²) < 4.78 is 25.9. The molecule has 1 fully saturated rings. The Bertz CT molecular complexity index is 1420. The number of aryl methyl sites for hydroxylation is 2. The first-order valence-corrected chi connectivity index (χ1v) is 14.9. The van der Waals surface area contributed by atoms with Gasteiger partial charge in [0, 0.05) is 42.0 Å². The van der Waals surface area contributed by atoms with Crippen molar-refractivity contribution in [3.05, 3.63) is 75.8 Å². The van der Waals surface area contributed by atoms with Crippen molar-refractivity contribution >= 4 is 23.3 Å². The van der Waals surface area contributed by atoms with E-state index < -0.39 is 23.5 Å². The van der Waals surface area contributed by atoms with Crippen molar-refractivity contribution in [2.24, 2.45) is 5.41 Å². The third kappa shape index (κ3) is 7.61. The minimum absolute atomic E-state index is 0.103. The highest BCUT2D eigenvalue weighted by Crippen LogP contribution is 2.45. The topological polar surface area (TPSA) is 71.9 Å². The van der Waals surface area contributed by atoms with Crippen molar-refractivity contribution in [2.75, 3.05) is 24.6 Å². The predicted molar refractivity (Wildman–Crippen MR) is 166 cm³/mol. The number of carboxylic acid groups (broad SMARTS) is 1. The molecule has 1 aromatic heterocycles. The summed E-state index contributed by atoms with van der Waals surface area (Å²) in [6, 6.07) is 12.5. The Hall–Kier alpha value is -3.16. The van der Waals surface area contributed by atoms with Crippen LogP contribution >= 0.6 is 11.6 Å². The van der Waals surface area contributed by atoms with E-state index in [1.807, 2.05) is 58.9 Å². The zero-order valence-electron chi connectivity index (χ0n) is 25.7. The van der Waals surface area contributed by atoms with Crippen LogP contribution in [0.5, 0.6) is 5.75 Å². The first-order chi connectivity index (χ1) is 19.6. The van der Waals surface area contributed by atoms with E-state index in [0.29, 0.717) is 30.0 Å². The molecule has 1 aliphatic rings. The maximum atomic E-state index is 13.8. The fourth-order valence-electron chi connectivity index (χ4n) is 5.45. The molecule has 0 amide bonds. The molecule has 8 heteroatoms. The quantitative estimate of drug-likeness (QED) is 0.268. The van der Waals surface area contributed by atoms with Gasteiger partial charge in [-0.05, 0) is 88.3 Å². The Labute approximate surface area is 253 Å². The Kier molecular flexibility index (Phi) is 9.53. The summed E-state index contributed by atoms with van der Waals surface area (Å²) in [5.74, 6) is -0.787. The maximum absolute atomic E-state index is 13.8. The van der Waals surface area contributed by atoms with Gasteiger partial charge in [0.15, 0.2) is 6.10 Å². The van der Waals surface area contributed by atoms with Crippen molar-refractivity contribution in [3.63, 3.8) is 0 Å². The van der Waals surface area contributed by atoms with Gasteiger partial charge in [-0.3, -0.25) is 4.98 Å². The lowest BCUT2D eigenvalue weighted by atomic mass is 9.82. The molecule has 2 aromatic carbocycles. The van der Waals surface area contributed by atoms with Gasteiger partial charge in [-0.25, -0.2) is 9.18 Å². The molecule has 226 valence electrons. The molecule has 4 rings (SSSR count). The van der Waals surface area contributed by atoms with E-state index in [1.165, 1.54) is 6.07 Å². The summed E-state index contributed by atoms with van der Waals surface area (Å²) in [6.45, 7) is 16.0. The number of carboxylic acids is 1. The largest absolute Gasteiger partial charge is 0.493 e. The molecule has 1 N–H and O–H groups in total. The molecule has 0 aliphatic carbocycles. The second kappa shape index (κ2) is 12.6. The summed E-state index contributed by atoms with van der Waals surface area (Å²) in [4.78, 5) is 19.8. The van der Waals surface area contributed by atoms with Crippen LogP contribution in [-0.2, 0) is 16.0 Å². The second-order valence-electron chi connectivity index (χ2n) is 12.9. The van der Waals surface area contributed by atoms with Gasteiger partial charge in [0.05, 0.1) is 22.9 Å². The molecule has 1 atom stereocenters. The normalized spacial score (nSPS) is 15.9. The summed E-state index contributed by atoms with van der Waals surface area (Å²) >= 11 is 5.79. The summed E-state index contributed by atoms with van der Waals surface area (Å²) in [5.41, 5.74) is 5.16. The molecule has 1 saturated heterocycles. The van der Waals surface area contributed by atoms with Crippen LogP contribution in [0.15, 0.2) is 42.5 Å². The number of aliphatic carboxylic acids is 1. The molecule has 0 bridgehead atoms. The molecule has 0 radical (unpaired) electrons. The van der Waals surface area contributed by atoms with Crippen molar-refractivity contribution in [1.29, 1.82) is 0 Å². The number of hydrogen-bond donors (Lipinski definition) is 1. The van der Waals surface area contributed by atoms with Crippen molar-refractivity contribution < 1.29 is 23.8 Å². The van der Waals surface area contributed by atoms with Crippen LogP contribution < -0.4 is 9.64 Å². The number of rotatable bonds is 9. The van der Waals surface area contributed by atoms with Gasteiger partial charge >= 0.3 is 5.97 Å². The van der Waals surface area contributed by atoms with Gasteiger partial charge in [-0.1, -0.05) is 43.6 Å². The number of aromatic nitrogens is 1. The summed E-state index contributed by atoms with van der Waals surface area (Å²) in [5, 5.41) is 10.5.